The highest BCUT2D eigenvalue weighted by Crippen LogP contribution is 2.28. The SMILES string of the molecule is FC(F)(F)c1ccc(NCc2cc(Br)ccc2Cl)cn1. The molecule has 2 aromatic rings. The Morgan fingerprint density at radius 2 is 1.95 bits per heavy atom. The van der Waals surface area contributed by atoms with Gasteiger partial charge in [0, 0.05) is 16.0 Å². The summed E-state index contributed by atoms with van der Waals surface area (Å²) >= 11 is 9.35. The van der Waals surface area contributed by atoms with E-state index in [0.29, 0.717) is 17.3 Å². The summed E-state index contributed by atoms with van der Waals surface area (Å²) in [5.41, 5.74) is 0.415. The van der Waals surface area contributed by atoms with Crippen molar-refractivity contribution in [3.05, 3.63) is 57.3 Å². The molecule has 1 aromatic heterocycles. The minimum Gasteiger partial charge on any atom is -0.380 e. The van der Waals surface area contributed by atoms with Crippen LogP contribution in [-0.2, 0) is 12.7 Å². The van der Waals surface area contributed by atoms with Gasteiger partial charge in [0.05, 0.1) is 11.9 Å². The average molecular weight is 366 g/mol. The van der Waals surface area contributed by atoms with E-state index in [1.807, 2.05) is 12.1 Å². The minimum absolute atomic E-state index is 0.394. The number of nitrogens with one attached hydrogen (secondary N) is 1. The van der Waals surface area contributed by atoms with E-state index in [9.17, 15) is 13.2 Å². The lowest BCUT2D eigenvalue weighted by molar-refractivity contribution is -0.141. The van der Waals surface area contributed by atoms with Gasteiger partial charge in [-0.05, 0) is 35.9 Å². The second-order valence-corrected chi connectivity index (χ2v) is 5.34. The first-order valence-corrected chi connectivity index (χ1v) is 6.74. The Kier molecular flexibility index (Phi) is 4.55. The van der Waals surface area contributed by atoms with E-state index in [-0.39, 0.29) is 0 Å². The van der Waals surface area contributed by atoms with Gasteiger partial charge in [0.25, 0.3) is 0 Å². The molecule has 0 unspecified atom stereocenters. The van der Waals surface area contributed by atoms with Crippen LogP contribution in [0.1, 0.15) is 11.3 Å². The van der Waals surface area contributed by atoms with Crippen LogP contribution in [0.2, 0.25) is 5.02 Å². The van der Waals surface area contributed by atoms with E-state index >= 15 is 0 Å². The van der Waals surface area contributed by atoms with Gasteiger partial charge in [-0.1, -0.05) is 27.5 Å². The number of benzene rings is 1. The van der Waals surface area contributed by atoms with Gasteiger partial charge in [-0.2, -0.15) is 13.2 Å². The van der Waals surface area contributed by atoms with Crippen LogP contribution in [0.15, 0.2) is 41.0 Å². The van der Waals surface area contributed by atoms with Crippen molar-refractivity contribution >= 4 is 33.2 Å². The Hall–Kier alpha value is -1.27. The molecule has 0 spiro atoms. The average Bonchev–Trinajstić information content (AvgIpc) is 2.39. The smallest absolute Gasteiger partial charge is 0.380 e. The standard InChI is InChI=1S/C13H9BrClF3N2/c14-9-1-3-11(15)8(5-9)6-19-10-2-4-12(20-7-10)13(16,17)18/h1-5,7,19H,6H2. The lowest BCUT2D eigenvalue weighted by atomic mass is 10.2. The third kappa shape index (κ3) is 3.86. The molecule has 0 bridgehead atoms. The number of hydrogen-bond donors (Lipinski definition) is 1. The minimum atomic E-state index is -4.42. The van der Waals surface area contributed by atoms with Crippen molar-refractivity contribution in [2.45, 2.75) is 12.7 Å². The molecule has 0 amide bonds. The van der Waals surface area contributed by atoms with Gasteiger partial charge >= 0.3 is 6.18 Å². The molecule has 0 saturated heterocycles. The molecule has 0 aliphatic heterocycles. The van der Waals surface area contributed by atoms with Crippen molar-refractivity contribution in [2.75, 3.05) is 5.32 Å². The highest BCUT2D eigenvalue weighted by Gasteiger charge is 2.31. The van der Waals surface area contributed by atoms with Crippen molar-refractivity contribution in [2.24, 2.45) is 0 Å². The number of anilines is 1. The van der Waals surface area contributed by atoms with E-state index in [1.54, 1.807) is 6.07 Å². The van der Waals surface area contributed by atoms with Crippen molar-refractivity contribution < 1.29 is 13.2 Å². The number of nitrogens with zero attached hydrogens (tertiary/aromatic N) is 1. The predicted octanol–water partition coefficient (Wildman–Crippen LogP) is 5.13. The predicted molar refractivity (Wildman–Crippen MR) is 75.7 cm³/mol. The topological polar surface area (TPSA) is 24.9 Å². The van der Waals surface area contributed by atoms with Gasteiger partial charge in [0.15, 0.2) is 0 Å². The van der Waals surface area contributed by atoms with Crippen LogP contribution in [0, 0.1) is 0 Å². The fraction of sp³-hybridized carbons (Fsp3) is 0.154. The van der Waals surface area contributed by atoms with Gasteiger partial charge in [-0.15, -0.1) is 0 Å². The number of aromatic nitrogens is 1. The lowest BCUT2D eigenvalue weighted by Crippen LogP contribution is -2.08. The second kappa shape index (κ2) is 6.01. The molecule has 0 saturated carbocycles. The van der Waals surface area contributed by atoms with Crippen LogP contribution in [0.4, 0.5) is 18.9 Å². The molecule has 0 atom stereocenters. The van der Waals surface area contributed by atoms with E-state index in [0.717, 1.165) is 22.3 Å². The van der Waals surface area contributed by atoms with Crippen LogP contribution in [0.25, 0.3) is 0 Å². The van der Waals surface area contributed by atoms with E-state index < -0.39 is 11.9 Å². The Bertz CT molecular complexity index is 600. The molecule has 2 rings (SSSR count). The fourth-order valence-corrected chi connectivity index (χ4v) is 2.14. The van der Waals surface area contributed by atoms with Crippen LogP contribution in [0.3, 0.4) is 0 Å². The number of hydrogen-bond acceptors (Lipinski definition) is 2. The van der Waals surface area contributed by atoms with Crippen LogP contribution in [0.5, 0.6) is 0 Å². The summed E-state index contributed by atoms with van der Waals surface area (Å²) in [4.78, 5) is 3.37. The zero-order valence-electron chi connectivity index (χ0n) is 10.0. The number of pyridine rings is 1. The maximum atomic E-state index is 12.4. The van der Waals surface area contributed by atoms with Crippen molar-refractivity contribution in [1.29, 1.82) is 0 Å². The number of halogens is 5. The summed E-state index contributed by atoms with van der Waals surface area (Å²) in [6, 6.07) is 7.67. The Morgan fingerprint density at radius 1 is 1.20 bits per heavy atom. The molecule has 0 aliphatic carbocycles. The first kappa shape index (κ1) is 15.1. The molecule has 2 nitrogen and oxygen atoms in total. The summed E-state index contributed by atoms with van der Waals surface area (Å²) in [5.74, 6) is 0. The third-order valence-corrected chi connectivity index (χ3v) is 3.41. The molecule has 0 aliphatic rings. The molecule has 20 heavy (non-hydrogen) atoms. The number of alkyl halides is 3. The maximum absolute atomic E-state index is 12.4. The van der Waals surface area contributed by atoms with E-state index in [2.05, 4.69) is 26.2 Å². The second-order valence-electron chi connectivity index (χ2n) is 4.02. The van der Waals surface area contributed by atoms with Crippen LogP contribution in [-0.4, -0.2) is 4.98 Å². The molecule has 1 N–H and O–H groups in total. The van der Waals surface area contributed by atoms with E-state index in [4.69, 9.17) is 11.6 Å². The highest BCUT2D eigenvalue weighted by atomic mass is 79.9. The molecule has 7 heteroatoms. The molecule has 106 valence electrons. The molecule has 1 aromatic carbocycles. The van der Waals surface area contributed by atoms with Crippen LogP contribution < -0.4 is 5.32 Å². The quantitative estimate of drug-likeness (QED) is 0.816. The monoisotopic (exact) mass is 364 g/mol. The van der Waals surface area contributed by atoms with E-state index in [1.165, 1.54) is 6.07 Å². The van der Waals surface area contributed by atoms with Crippen LogP contribution >= 0.6 is 27.5 Å². The van der Waals surface area contributed by atoms with Crippen molar-refractivity contribution in [3.63, 3.8) is 0 Å². The normalized spacial score (nSPS) is 11.4. The van der Waals surface area contributed by atoms with Gasteiger partial charge in [0.1, 0.15) is 5.69 Å². The lowest BCUT2D eigenvalue weighted by Gasteiger charge is -2.10. The molecule has 0 fully saturated rings. The Morgan fingerprint density at radius 3 is 2.55 bits per heavy atom. The Labute approximate surface area is 127 Å². The highest BCUT2D eigenvalue weighted by molar-refractivity contribution is 9.10. The first-order valence-electron chi connectivity index (χ1n) is 5.57. The Balaban J connectivity index is 2.06. The van der Waals surface area contributed by atoms with Crippen molar-refractivity contribution in [3.8, 4) is 0 Å². The molecule has 0 radical (unpaired) electrons. The summed E-state index contributed by atoms with van der Waals surface area (Å²) in [6.07, 6.45) is -3.28. The summed E-state index contributed by atoms with van der Waals surface area (Å²) < 4.78 is 38.0. The molecular formula is C13H9BrClF3N2. The maximum Gasteiger partial charge on any atom is 0.433 e. The largest absolute Gasteiger partial charge is 0.433 e. The van der Waals surface area contributed by atoms with Gasteiger partial charge in [-0.3, -0.25) is 0 Å². The molecular weight excluding hydrogens is 357 g/mol. The third-order valence-electron chi connectivity index (χ3n) is 2.54. The summed E-state index contributed by atoms with van der Waals surface area (Å²) in [5, 5.41) is 3.56. The summed E-state index contributed by atoms with van der Waals surface area (Å²) in [7, 11) is 0. The molecule has 1 heterocycles. The van der Waals surface area contributed by atoms with Gasteiger partial charge in [0.2, 0.25) is 0 Å². The van der Waals surface area contributed by atoms with Gasteiger partial charge in [-0.25, -0.2) is 4.98 Å². The van der Waals surface area contributed by atoms with Crippen molar-refractivity contribution in [1.82, 2.24) is 4.98 Å². The summed E-state index contributed by atoms with van der Waals surface area (Å²) in [6.45, 7) is 0.394. The number of rotatable bonds is 3. The first-order chi connectivity index (χ1) is 9.36. The van der Waals surface area contributed by atoms with Gasteiger partial charge < -0.3 is 5.32 Å². The zero-order chi connectivity index (χ0) is 14.8. The zero-order valence-corrected chi connectivity index (χ0v) is 12.4. The fourth-order valence-electron chi connectivity index (χ4n) is 1.54.